The lowest BCUT2D eigenvalue weighted by atomic mass is 10.1. The largest absolute Gasteiger partial charge is 0.466 e. The molecule has 2 aromatic carbocycles. The lowest BCUT2D eigenvalue weighted by Crippen LogP contribution is -2.19. The van der Waals surface area contributed by atoms with E-state index >= 15 is 0 Å². The summed E-state index contributed by atoms with van der Waals surface area (Å²) in [6, 6.07) is 13.2. The van der Waals surface area contributed by atoms with Gasteiger partial charge in [-0.25, -0.2) is 4.79 Å². The van der Waals surface area contributed by atoms with E-state index in [1.807, 2.05) is 0 Å². The maximum absolute atomic E-state index is 12.2. The number of carbonyl (C=O) groups is 2. The van der Waals surface area contributed by atoms with Crippen LogP contribution in [0, 0.1) is 0 Å². The predicted molar refractivity (Wildman–Crippen MR) is 87.2 cm³/mol. The van der Waals surface area contributed by atoms with Crippen LogP contribution in [-0.4, -0.2) is 27.5 Å². The van der Waals surface area contributed by atoms with Crippen molar-refractivity contribution in [2.45, 2.75) is 17.9 Å². The Morgan fingerprint density at radius 1 is 0.960 bits per heavy atom. The summed E-state index contributed by atoms with van der Waals surface area (Å²) in [6.07, 6.45) is -1.23. The molecule has 0 spiro atoms. The average Bonchev–Trinajstić information content (AvgIpc) is 2.60. The zero-order valence-corrected chi connectivity index (χ0v) is 14.4. The predicted octanol–water partition coefficient (Wildman–Crippen LogP) is 2.23. The first-order valence-corrected chi connectivity index (χ1v) is 8.59. The van der Waals surface area contributed by atoms with Crippen LogP contribution < -0.4 is 4.18 Å². The Hall–Kier alpha value is -2.87. The third-order valence-corrected chi connectivity index (χ3v) is 4.38. The molecule has 25 heavy (non-hydrogen) atoms. The van der Waals surface area contributed by atoms with Crippen LogP contribution in [0.3, 0.4) is 0 Å². The van der Waals surface area contributed by atoms with Gasteiger partial charge in [-0.3, -0.25) is 4.79 Å². The second kappa shape index (κ2) is 7.80. The number of carbonyl (C=O) groups excluding carboxylic acids is 2. The van der Waals surface area contributed by atoms with E-state index in [0.29, 0.717) is 5.56 Å². The fourth-order valence-electron chi connectivity index (χ4n) is 1.99. The molecule has 0 radical (unpaired) electrons. The fraction of sp³-hybridized carbons (Fsp3) is 0.176. The van der Waals surface area contributed by atoms with Gasteiger partial charge in [0.15, 0.2) is 0 Å². The Kier molecular flexibility index (Phi) is 5.76. The highest BCUT2D eigenvalue weighted by Crippen LogP contribution is 2.24. The molecule has 2 rings (SSSR count). The van der Waals surface area contributed by atoms with Gasteiger partial charge in [-0.05, 0) is 24.3 Å². The molecule has 0 aliphatic heterocycles. The topological polar surface area (TPSA) is 96.0 Å². The van der Waals surface area contributed by atoms with E-state index in [1.165, 1.54) is 50.4 Å². The van der Waals surface area contributed by atoms with Crippen LogP contribution in [0.4, 0.5) is 0 Å². The van der Waals surface area contributed by atoms with Gasteiger partial charge in [-0.2, -0.15) is 8.42 Å². The molecular weight excluding hydrogens is 348 g/mol. The van der Waals surface area contributed by atoms with Crippen molar-refractivity contribution in [3.63, 3.8) is 0 Å². The monoisotopic (exact) mass is 364 g/mol. The smallest absolute Gasteiger partial charge is 0.351 e. The Balaban J connectivity index is 2.21. The fourth-order valence-corrected chi connectivity index (χ4v) is 2.94. The van der Waals surface area contributed by atoms with Gasteiger partial charge in [0.1, 0.15) is 10.6 Å². The molecule has 1 unspecified atom stereocenters. The molecule has 1 atom stereocenters. The van der Waals surface area contributed by atoms with Crippen molar-refractivity contribution in [2.24, 2.45) is 0 Å². The third-order valence-electron chi connectivity index (χ3n) is 3.12. The molecule has 0 N–H and O–H groups in total. The molecule has 7 nitrogen and oxygen atoms in total. The molecule has 132 valence electrons. The highest BCUT2D eigenvalue weighted by atomic mass is 32.2. The Morgan fingerprint density at radius 2 is 1.56 bits per heavy atom. The summed E-state index contributed by atoms with van der Waals surface area (Å²) >= 11 is 0. The molecule has 0 heterocycles. The second-order valence-electron chi connectivity index (χ2n) is 4.93. The molecule has 0 aliphatic rings. The van der Waals surface area contributed by atoms with E-state index in [-0.39, 0.29) is 10.6 Å². The summed E-state index contributed by atoms with van der Waals surface area (Å²) in [5, 5.41) is 0. The SMILES string of the molecule is COC(=O)C(OC(C)=O)c1ccc(OS(=O)(=O)c2ccccc2)cc1. The van der Waals surface area contributed by atoms with Crippen LogP contribution in [-0.2, 0) is 29.2 Å². The summed E-state index contributed by atoms with van der Waals surface area (Å²) in [5.74, 6) is -1.35. The minimum absolute atomic E-state index is 0.0198. The minimum atomic E-state index is -3.96. The molecule has 0 aliphatic carbocycles. The average molecular weight is 364 g/mol. The zero-order valence-electron chi connectivity index (χ0n) is 13.5. The lowest BCUT2D eigenvalue weighted by Gasteiger charge is -2.15. The van der Waals surface area contributed by atoms with E-state index < -0.39 is 28.2 Å². The molecule has 2 aromatic rings. The summed E-state index contributed by atoms with van der Waals surface area (Å²) < 4.78 is 38.9. The molecule has 0 saturated heterocycles. The first-order chi connectivity index (χ1) is 11.8. The zero-order chi connectivity index (χ0) is 18.4. The van der Waals surface area contributed by atoms with Crippen molar-refractivity contribution in [2.75, 3.05) is 7.11 Å². The lowest BCUT2D eigenvalue weighted by molar-refractivity contribution is -0.165. The van der Waals surface area contributed by atoms with E-state index in [4.69, 9.17) is 8.92 Å². The third kappa shape index (κ3) is 4.80. The summed E-state index contributed by atoms with van der Waals surface area (Å²) in [4.78, 5) is 22.9. The van der Waals surface area contributed by atoms with Crippen molar-refractivity contribution in [3.05, 3.63) is 60.2 Å². The van der Waals surface area contributed by atoms with Gasteiger partial charge >= 0.3 is 22.1 Å². The molecule has 0 bridgehead atoms. The number of methoxy groups -OCH3 is 1. The molecule has 0 aromatic heterocycles. The van der Waals surface area contributed by atoms with E-state index in [0.717, 1.165) is 0 Å². The van der Waals surface area contributed by atoms with E-state index in [9.17, 15) is 18.0 Å². The summed E-state index contributed by atoms with van der Waals surface area (Å²) in [7, 11) is -2.79. The standard InChI is InChI=1S/C17H16O7S/c1-12(18)23-16(17(19)22-2)13-8-10-14(11-9-13)24-25(20,21)15-6-4-3-5-7-15/h3-11,16H,1-2H3. The van der Waals surface area contributed by atoms with Crippen LogP contribution in [0.25, 0.3) is 0 Å². The van der Waals surface area contributed by atoms with E-state index in [1.54, 1.807) is 18.2 Å². The number of rotatable bonds is 6. The second-order valence-corrected chi connectivity index (χ2v) is 6.48. The molecular formula is C17H16O7S. The number of benzene rings is 2. The van der Waals surface area contributed by atoms with Gasteiger partial charge in [-0.1, -0.05) is 30.3 Å². The van der Waals surface area contributed by atoms with Crippen LogP contribution >= 0.6 is 0 Å². The van der Waals surface area contributed by atoms with Crippen molar-refractivity contribution >= 4 is 22.1 Å². The van der Waals surface area contributed by atoms with Gasteiger partial charge in [0.25, 0.3) is 0 Å². The van der Waals surface area contributed by atoms with Crippen LogP contribution in [0.5, 0.6) is 5.75 Å². The van der Waals surface area contributed by atoms with Gasteiger partial charge in [0, 0.05) is 12.5 Å². The summed E-state index contributed by atoms with van der Waals surface area (Å²) in [6.45, 7) is 1.17. The number of hydrogen-bond acceptors (Lipinski definition) is 7. The minimum Gasteiger partial charge on any atom is -0.466 e. The Labute approximate surface area is 145 Å². The van der Waals surface area contributed by atoms with Gasteiger partial charge in [0.2, 0.25) is 6.10 Å². The normalized spacial score (nSPS) is 12.1. The maximum atomic E-state index is 12.2. The van der Waals surface area contributed by atoms with Gasteiger partial charge in [0.05, 0.1) is 7.11 Å². The van der Waals surface area contributed by atoms with Crippen LogP contribution in [0.2, 0.25) is 0 Å². The van der Waals surface area contributed by atoms with Crippen molar-refractivity contribution in [1.82, 2.24) is 0 Å². The first-order valence-electron chi connectivity index (χ1n) is 7.18. The van der Waals surface area contributed by atoms with Crippen LogP contribution in [0.15, 0.2) is 59.5 Å². The molecule has 0 amide bonds. The Morgan fingerprint density at radius 3 is 2.08 bits per heavy atom. The molecule has 8 heteroatoms. The molecule has 0 fully saturated rings. The first kappa shape index (κ1) is 18.5. The highest BCUT2D eigenvalue weighted by molar-refractivity contribution is 7.87. The number of esters is 2. The highest BCUT2D eigenvalue weighted by Gasteiger charge is 2.25. The van der Waals surface area contributed by atoms with Gasteiger partial charge in [-0.15, -0.1) is 0 Å². The summed E-state index contributed by atoms with van der Waals surface area (Å²) in [5.41, 5.74) is 0.325. The molecule has 0 saturated carbocycles. The van der Waals surface area contributed by atoms with Crippen molar-refractivity contribution < 1.29 is 31.7 Å². The maximum Gasteiger partial charge on any atom is 0.351 e. The van der Waals surface area contributed by atoms with Gasteiger partial charge < -0.3 is 13.7 Å². The number of ether oxygens (including phenoxy) is 2. The Bertz CT molecular complexity index is 842. The number of hydrogen-bond donors (Lipinski definition) is 0. The quantitative estimate of drug-likeness (QED) is 0.573. The van der Waals surface area contributed by atoms with Crippen LogP contribution in [0.1, 0.15) is 18.6 Å². The van der Waals surface area contributed by atoms with Crippen molar-refractivity contribution in [3.8, 4) is 5.75 Å². The van der Waals surface area contributed by atoms with E-state index in [2.05, 4.69) is 4.74 Å². The van der Waals surface area contributed by atoms with Crippen molar-refractivity contribution in [1.29, 1.82) is 0 Å².